The SMILES string of the molecule is O=[N+]([O-])c1cc(-c2cn3cccnc3n2)ccc1F. The summed E-state index contributed by atoms with van der Waals surface area (Å²) in [6.45, 7) is 0. The summed E-state index contributed by atoms with van der Waals surface area (Å²) in [7, 11) is 0. The van der Waals surface area contributed by atoms with Gasteiger partial charge in [0.05, 0.1) is 10.6 Å². The molecule has 19 heavy (non-hydrogen) atoms. The summed E-state index contributed by atoms with van der Waals surface area (Å²) in [5.74, 6) is -0.389. The smallest absolute Gasteiger partial charge is 0.291 e. The standard InChI is InChI=1S/C12H7FN4O2/c13-9-3-2-8(6-11(9)17(18)19)10-7-16-5-1-4-14-12(16)15-10/h1-7H. The van der Waals surface area contributed by atoms with E-state index in [1.165, 1.54) is 6.07 Å². The molecule has 0 radical (unpaired) electrons. The lowest BCUT2D eigenvalue weighted by molar-refractivity contribution is -0.387. The zero-order valence-electron chi connectivity index (χ0n) is 9.52. The Balaban J connectivity index is 2.16. The summed E-state index contributed by atoms with van der Waals surface area (Å²) in [6, 6.07) is 5.41. The maximum atomic E-state index is 13.3. The van der Waals surface area contributed by atoms with E-state index in [0.29, 0.717) is 17.0 Å². The lowest BCUT2D eigenvalue weighted by atomic mass is 10.1. The van der Waals surface area contributed by atoms with Crippen LogP contribution in [0, 0.1) is 15.9 Å². The second kappa shape index (κ2) is 4.13. The normalized spacial score (nSPS) is 10.8. The van der Waals surface area contributed by atoms with Crippen LogP contribution in [0.25, 0.3) is 17.0 Å². The predicted molar refractivity (Wildman–Crippen MR) is 65.0 cm³/mol. The van der Waals surface area contributed by atoms with Crippen LogP contribution in [0.1, 0.15) is 0 Å². The number of imidazole rings is 1. The summed E-state index contributed by atoms with van der Waals surface area (Å²) < 4.78 is 14.9. The van der Waals surface area contributed by atoms with E-state index in [1.807, 2.05) is 0 Å². The number of fused-ring (bicyclic) bond motifs is 1. The minimum Gasteiger partial charge on any atom is -0.291 e. The number of rotatable bonds is 2. The maximum Gasteiger partial charge on any atom is 0.305 e. The highest BCUT2D eigenvalue weighted by Crippen LogP contribution is 2.25. The van der Waals surface area contributed by atoms with Crippen molar-refractivity contribution in [1.29, 1.82) is 0 Å². The highest BCUT2D eigenvalue weighted by molar-refractivity contribution is 5.64. The van der Waals surface area contributed by atoms with Crippen LogP contribution < -0.4 is 0 Å². The number of hydrogen-bond acceptors (Lipinski definition) is 4. The molecule has 2 heterocycles. The van der Waals surface area contributed by atoms with E-state index >= 15 is 0 Å². The molecule has 0 bridgehead atoms. The molecule has 0 aliphatic carbocycles. The zero-order chi connectivity index (χ0) is 13.4. The van der Waals surface area contributed by atoms with Crippen LogP contribution in [0.3, 0.4) is 0 Å². The van der Waals surface area contributed by atoms with Crippen molar-refractivity contribution in [2.75, 3.05) is 0 Å². The molecule has 0 atom stereocenters. The van der Waals surface area contributed by atoms with E-state index in [9.17, 15) is 14.5 Å². The van der Waals surface area contributed by atoms with Crippen LogP contribution in [0.2, 0.25) is 0 Å². The Hall–Kier alpha value is -2.83. The van der Waals surface area contributed by atoms with Crippen molar-refractivity contribution >= 4 is 11.5 Å². The Bertz CT molecular complexity index is 751. The number of nitro groups is 1. The molecule has 0 spiro atoms. The van der Waals surface area contributed by atoms with Crippen LogP contribution in [0.15, 0.2) is 42.9 Å². The minimum atomic E-state index is -0.865. The molecular weight excluding hydrogens is 251 g/mol. The molecule has 0 amide bonds. The van der Waals surface area contributed by atoms with Gasteiger partial charge in [-0.2, -0.15) is 4.39 Å². The van der Waals surface area contributed by atoms with Gasteiger partial charge in [-0.15, -0.1) is 0 Å². The van der Waals surface area contributed by atoms with Gasteiger partial charge in [-0.3, -0.25) is 14.5 Å². The second-order valence-electron chi connectivity index (χ2n) is 3.88. The number of nitro benzene ring substituents is 1. The van der Waals surface area contributed by atoms with Gasteiger partial charge >= 0.3 is 5.69 Å². The van der Waals surface area contributed by atoms with Gasteiger partial charge in [-0.05, 0) is 18.2 Å². The first-order valence-electron chi connectivity index (χ1n) is 5.39. The Kier molecular flexibility index (Phi) is 2.45. The summed E-state index contributed by atoms with van der Waals surface area (Å²) in [6.07, 6.45) is 5.04. The molecule has 0 fully saturated rings. The van der Waals surface area contributed by atoms with Gasteiger partial charge in [-0.25, -0.2) is 9.97 Å². The van der Waals surface area contributed by atoms with Gasteiger partial charge in [-0.1, -0.05) is 0 Å². The molecule has 0 N–H and O–H groups in total. The number of aromatic nitrogens is 3. The van der Waals surface area contributed by atoms with Crippen LogP contribution in [-0.4, -0.2) is 19.3 Å². The number of nitrogens with zero attached hydrogens (tertiary/aromatic N) is 4. The fourth-order valence-electron chi connectivity index (χ4n) is 1.78. The van der Waals surface area contributed by atoms with E-state index in [4.69, 9.17) is 0 Å². The number of benzene rings is 1. The fraction of sp³-hybridized carbons (Fsp3) is 0. The first-order valence-corrected chi connectivity index (χ1v) is 5.39. The van der Waals surface area contributed by atoms with Gasteiger partial charge in [0.1, 0.15) is 0 Å². The maximum absolute atomic E-state index is 13.3. The van der Waals surface area contributed by atoms with Gasteiger partial charge in [0.15, 0.2) is 0 Å². The summed E-state index contributed by atoms with van der Waals surface area (Å²) in [4.78, 5) is 18.2. The monoisotopic (exact) mass is 258 g/mol. The molecule has 0 aliphatic heterocycles. The molecule has 2 aromatic heterocycles. The largest absolute Gasteiger partial charge is 0.305 e. The van der Waals surface area contributed by atoms with Crippen molar-refractivity contribution in [3.63, 3.8) is 0 Å². The molecular formula is C12H7FN4O2. The summed E-state index contributed by atoms with van der Waals surface area (Å²) >= 11 is 0. The van der Waals surface area contributed by atoms with Crippen molar-refractivity contribution in [3.8, 4) is 11.3 Å². The third-order valence-corrected chi connectivity index (χ3v) is 2.67. The Morgan fingerprint density at radius 2 is 2.21 bits per heavy atom. The van der Waals surface area contributed by atoms with Crippen molar-refractivity contribution in [2.45, 2.75) is 0 Å². The predicted octanol–water partition coefficient (Wildman–Crippen LogP) is 2.44. The van der Waals surface area contributed by atoms with Gasteiger partial charge in [0.25, 0.3) is 0 Å². The molecule has 1 aromatic carbocycles. The molecule has 6 nitrogen and oxygen atoms in total. The second-order valence-corrected chi connectivity index (χ2v) is 3.88. The molecule has 94 valence electrons. The first-order chi connectivity index (χ1) is 9.15. The Labute approximate surface area is 106 Å². The van der Waals surface area contributed by atoms with Crippen molar-refractivity contribution in [1.82, 2.24) is 14.4 Å². The van der Waals surface area contributed by atoms with Crippen molar-refractivity contribution in [2.24, 2.45) is 0 Å². The molecule has 0 saturated carbocycles. The van der Waals surface area contributed by atoms with Crippen LogP contribution >= 0.6 is 0 Å². The average molecular weight is 258 g/mol. The van der Waals surface area contributed by atoms with E-state index in [1.54, 1.807) is 29.1 Å². The highest BCUT2D eigenvalue weighted by Gasteiger charge is 2.16. The van der Waals surface area contributed by atoms with Gasteiger partial charge in [0, 0.05) is 30.2 Å². The summed E-state index contributed by atoms with van der Waals surface area (Å²) in [5, 5.41) is 10.7. The lowest BCUT2D eigenvalue weighted by Crippen LogP contribution is -1.92. The van der Waals surface area contributed by atoms with Crippen molar-refractivity contribution < 1.29 is 9.31 Å². The summed E-state index contributed by atoms with van der Waals surface area (Å²) in [5.41, 5.74) is 0.405. The third kappa shape index (κ3) is 1.90. The minimum absolute atomic E-state index is 0.471. The Morgan fingerprint density at radius 1 is 1.37 bits per heavy atom. The van der Waals surface area contributed by atoms with Crippen LogP contribution in [0.5, 0.6) is 0 Å². The molecule has 0 saturated heterocycles. The number of hydrogen-bond donors (Lipinski definition) is 0. The molecule has 0 aliphatic rings. The highest BCUT2D eigenvalue weighted by atomic mass is 19.1. The average Bonchev–Trinajstić information content (AvgIpc) is 2.82. The molecule has 7 heteroatoms. The number of halogens is 1. The molecule has 0 unspecified atom stereocenters. The van der Waals surface area contributed by atoms with Crippen LogP contribution in [0.4, 0.5) is 10.1 Å². The zero-order valence-corrected chi connectivity index (χ0v) is 9.52. The van der Waals surface area contributed by atoms with Gasteiger partial charge in [0.2, 0.25) is 11.6 Å². The first kappa shape index (κ1) is 11.3. The lowest BCUT2D eigenvalue weighted by Gasteiger charge is -1.97. The fourth-order valence-corrected chi connectivity index (χ4v) is 1.78. The quantitative estimate of drug-likeness (QED) is 0.522. The Morgan fingerprint density at radius 3 is 2.95 bits per heavy atom. The molecule has 3 aromatic rings. The third-order valence-electron chi connectivity index (χ3n) is 2.67. The van der Waals surface area contributed by atoms with E-state index in [0.717, 1.165) is 12.1 Å². The van der Waals surface area contributed by atoms with Gasteiger partial charge < -0.3 is 0 Å². The van der Waals surface area contributed by atoms with Crippen LogP contribution in [-0.2, 0) is 0 Å². The van der Waals surface area contributed by atoms with E-state index in [-0.39, 0.29) is 0 Å². The van der Waals surface area contributed by atoms with E-state index < -0.39 is 16.4 Å². The van der Waals surface area contributed by atoms with Crippen molar-refractivity contribution in [3.05, 3.63) is 58.8 Å². The molecule has 3 rings (SSSR count). The van der Waals surface area contributed by atoms with E-state index in [2.05, 4.69) is 9.97 Å². The topological polar surface area (TPSA) is 73.3 Å².